The van der Waals surface area contributed by atoms with Crippen LogP contribution in [0, 0.1) is 19.8 Å². The number of hydrogen-bond acceptors (Lipinski definition) is 2. The maximum Gasteiger partial charge on any atom is 0.254 e. The van der Waals surface area contributed by atoms with E-state index in [0.717, 1.165) is 35.2 Å². The van der Waals surface area contributed by atoms with E-state index in [-0.39, 0.29) is 23.1 Å². The van der Waals surface area contributed by atoms with Crippen molar-refractivity contribution < 1.29 is 9.59 Å². The summed E-state index contributed by atoms with van der Waals surface area (Å²) in [6.07, 6.45) is 1.65. The van der Waals surface area contributed by atoms with Crippen molar-refractivity contribution in [2.45, 2.75) is 52.9 Å². The summed E-state index contributed by atoms with van der Waals surface area (Å²) in [7, 11) is 0. The van der Waals surface area contributed by atoms with E-state index in [1.807, 2.05) is 55.1 Å². The molecule has 29 heavy (non-hydrogen) atoms. The normalized spacial score (nSPS) is 17.1. The smallest absolute Gasteiger partial charge is 0.254 e. The topological polar surface area (TPSA) is 49.4 Å². The second kappa shape index (κ2) is 8.40. The number of nitrogens with one attached hydrogen (secondary N) is 1. The van der Waals surface area contributed by atoms with Crippen molar-refractivity contribution >= 4 is 17.5 Å². The molecule has 0 saturated carbocycles. The molecule has 0 bridgehead atoms. The zero-order valence-corrected chi connectivity index (χ0v) is 18.2. The zero-order valence-electron chi connectivity index (χ0n) is 18.2. The van der Waals surface area contributed by atoms with Crippen LogP contribution in [-0.2, 0) is 10.2 Å². The van der Waals surface area contributed by atoms with E-state index < -0.39 is 0 Å². The van der Waals surface area contributed by atoms with Crippen LogP contribution in [0.2, 0.25) is 0 Å². The summed E-state index contributed by atoms with van der Waals surface area (Å²) in [6, 6.07) is 13.9. The number of rotatable bonds is 3. The zero-order chi connectivity index (χ0) is 21.2. The summed E-state index contributed by atoms with van der Waals surface area (Å²) < 4.78 is 0. The molecule has 4 nitrogen and oxygen atoms in total. The molecule has 4 heteroatoms. The number of anilines is 1. The number of hydrogen-bond donors (Lipinski definition) is 1. The van der Waals surface area contributed by atoms with Crippen LogP contribution < -0.4 is 5.32 Å². The van der Waals surface area contributed by atoms with Gasteiger partial charge in [0.25, 0.3) is 5.91 Å². The van der Waals surface area contributed by atoms with E-state index in [4.69, 9.17) is 0 Å². The van der Waals surface area contributed by atoms with Gasteiger partial charge in [-0.15, -0.1) is 0 Å². The van der Waals surface area contributed by atoms with Gasteiger partial charge in [-0.1, -0.05) is 51.1 Å². The van der Waals surface area contributed by atoms with Crippen LogP contribution in [0.25, 0.3) is 0 Å². The maximum absolute atomic E-state index is 13.1. The van der Waals surface area contributed by atoms with Gasteiger partial charge in [-0.05, 0) is 60.9 Å². The molecule has 1 aliphatic rings. The summed E-state index contributed by atoms with van der Waals surface area (Å²) in [6.45, 7) is 11.6. The molecule has 3 rings (SSSR count). The number of carbonyl (C=O) groups is 2. The van der Waals surface area contributed by atoms with Crippen LogP contribution >= 0.6 is 0 Å². The van der Waals surface area contributed by atoms with E-state index in [1.165, 1.54) is 5.56 Å². The van der Waals surface area contributed by atoms with E-state index in [1.54, 1.807) is 0 Å². The van der Waals surface area contributed by atoms with Gasteiger partial charge in [0.1, 0.15) is 0 Å². The Kier molecular flexibility index (Phi) is 6.11. The van der Waals surface area contributed by atoms with Gasteiger partial charge in [0.2, 0.25) is 5.91 Å². The van der Waals surface area contributed by atoms with Crippen molar-refractivity contribution in [2.24, 2.45) is 5.92 Å². The highest BCUT2D eigenvalue weighted by Crippen LogP contribution is 2.26. The van der Waals surface area contributed by atoms with Crippen molar-refractivity contribution in [1.82, 2.24) is 4.90 Å². The molecule has 2 aromatic carbocycles. The lowest BCUT2D eigenvalue weighted by atomic mass is 9.87. The molecule has 1 heterocycles. The highest BCUT2D eigenvalue weighted by Gasteiger charge is 2.30. The van der Waals surface area contributed by atoms with Gasteiger partial charge in [-0.2, -0.15) is 0 Å². The average Bonchev–Trinajstić information content (AvgIpc) is 2.67. The molecule has 2 amide bonds. The Morgan fingerprint density at radius 3 is 2.34 bits per heavy atom. The third kappa shape index (κ3) is 4.87. The molecule has 0 aliphatic carbocycles. The van der Waals surface area contributed by atoms with Gasteiger partial charge in [-0.25, -0.2) is 0 Å². The van der Waals surface area contributed by atoms with Crippen molar-refractivity contribution in [3.8, 4) is 0 Å². The first-order valence-corrected chi connectivity index (χ1v) is 10.4. The van der Waals surface area contributed by atoms with E-state index in [0.29, 0.717) is 13.1 Å². The van der Waals surface area contributed by atoms with Crippen LogP contribution in [0.3, 0.4) is 0 Å². The summed E-state index contributed by atoms with van der Waals surface area (Å²) in [4.78, 5) is 27.9. The first-order chi connectivity index (χ1) is 13.7. The molecule has 0 aromatic heterocycles. The van der Waals surface area contributed by atoms with Crippen LogP contribution in [0.4, 0.5) is 5.69 Å². The molecule has 2 aromatic rings. The molecular weight excluding hydrogens is 360 g/mol. The molecule has 1 aliphatic heterocycles. The number of piperidine rings is 1. The monoisotopic (exact) mass is 392 g/mol. The summed E-state index contributed by atoms with van der Waals surface area (Å²) in [5.41, 5.74) is 4.78. The maximum atomic E-state index is 13.1. The van der Waals surface area contributed by atoms with Gasteiger partial charge in [-0.3, -0.25) is 9.59 Å². The van der Waals surface area contributed by atoms with E-state index in [9.17, 15) is 9.59 Å². The molecule has 154 valence electrons. The predicted octanol–water partition coefficient (Wildman–Crippen LogP) is 5.09. The number of nitrogens with zero attached hydrogens (tertiary/aromatic N) is 1. The molecule has 0 spiro atoms. The second-order valence-corrected chi connectivity index (χ2v) is 9.18. The Bertz CT molecular complexity index is 891. The minimum Gasteiger partial charge on any atom is -0.338 e. The number of benzene rings is 2. The highest BCUT2D eigenvalue weighted by molar-refractivity contribution is 5.98. The van der Waals surface area contributed by atoms with Gasteiger partial charge < -0.3 is 10.2 Å². The summed E-state index contributed by atoms with van der Waals surface area (Å²) >= 11 is 0. The SMILES string of the molecule is Cc1cccc(C)c1C(=O)N1CCC[C@H](C(=O)Nc2cccc(C(C)(C)C)c2)C1. The van der Waals surface area contributed by atoms with Crippen LogP contribution in [0.15, 0.2) is 42.5 Å². The van der Waals surface area contributed by atoms with Crippen LogP contribution in [0.1, 0.15) is 60.7 Å². The van der Waals surface area contributed by atoms with Gasteiger partial charge in [0.15, 0.2) is 0 Å². The third-order valence-corrected chi connectivity index (χ3v) is 5.77. The Balaban J connectivity index is 1.71. The van der Waals surface area contributed by atoms with Crippen molar-refractivity contribution in [3.05, 3.63) is 64.7 Å². The summed E-state index contributed by atoms with van der Waals surface area (Å²) in [5, 5.41) is 3.07. The number of amides is 2. The summed E-state index contributed by atoms with van der Waals surface area (Å²) in [5.74, 6) is -0.154. The fourth-order valence-electron chi connectivity index (χ4n) is 3.99. The first kappa shape index (κ1) is 21.1. The van der Waals surface area contributed by atoms with Crippen LogP contribution in [0.5, 0.6) is 0 Å². The highest BCUT2D eigenvalue weighted by atomic mass is 16.2. The van der Waals surface area contributed by atoms with E-state index >= 15 is 0 Å². The molecular formula is C25H32N2O2. The number of aryl methyl sites for hydroxylation is 2. The van der Waals surface area contributed by atoms with Crippen molar-refractivity contribution in [2.75, 3.05) is 18.4 Å². The van der Waals surface area contributed by atoms with Crippen LogP contribution in [-0.4, -0.2) is 29.8 Å². The lowest BCUT2D eigenvalue weighted by Crippen LogP contribution is -2.44. The van der Waals surface area contributed by atoms with Crippen molar-refractivity contribution in [3.63, 3.8) is 0 Å². The molecule has 1 N–H and O–H groups in total. The fraction of sp³-hybridized carbons (Fsp3) is 0.440. The first-order valence-electron chi connectivity index (χ1n) is 10.4. The quantitative estimate of drug-likeness (QED) is 0.791. The molecule has 1 fully saturated rings. The molecule has 1 saturated heterocycles. The minimum atomic E-state index is -0.185. The van der Waals surface area contributed by atoms with Gasteiger partial charge in [0.05, 0.1) is 5.92 Å². The predicted molar refractivity (Wildman–Crippen MR) is 118 cm³/mol. The Hall–Kier alpha value is -2.62. The standard InChI is InChI=1S/C25H32N2O2/c1-17-9-6-10-18(2)22(17)24(29)27-14-8-11-19(16-27)23(28)26-21-13-7-12-20(15-21)25(3,4)5/h6-7,9-10,12-13,15,19H,8,11,14,16H2,1-5H3,(H,26,28)/t19-/m0/s1. The van der Waals surface area contributed by atoms with Gasteiger partial charge >= 0.3 is 0 Å². The fourth-order valence-corrected chi connectivity index (χ4v) is 3.99. The lowest BCUT2D eigenvalue weighted by molar-refractivity contribution is -0.121. The average molecular weight is 393 g/mol. The van der Waals surface area contributed by atoms with Crippen molar-refractivity contribution in [1.29, 1.82) is 0 Å². The number of carbonyl (C=O) groups excluding carboxylic acids is 2. The minimum absolute atomic E-state index is 0.00457. The molecule has 0 unspecified atom stereocenters. The Morgan fingerprint density at radius 1 is 1.03 bits per heavy atom. The lowest BCUT2D eigenvalue weighted by Gasteiger charge is -2.33. The van der Waals surface area contributed by atoms with E-state index in [2.05, 4.69) is 32.2 Å². The third-order valence-electron chi connectivity index (χ3n) is 5.77. The largest absolute Gasteiger partial charge is 0.338 e. The Labute approximate surface area is 174 Å². The number of likely N-dealkylation sites (tertiary alicyclic amines) is 1. The molecule has 1 atom stereocenters. The van der Waals surface area contributed by atoms with Gasteiger partial charge in [0, 0.05) is 24.3 Å². The Morgan fingerprint density at radius 2 is 1.69 bits per heavy atom. The molecule has 0 radical (unpaired) electrons. The second-order valence-electron chi connectivity index (χ2n) is 9.18.